The smallest absolute Gasteiger partial charge is 0.243 e. The summed E-state index contributed by atoms with van der Waals surface area (Å²) >= 11 is 0. The van der Waals surface area contributed by atoms with Gasteiger partial charge in [0.15, 0.2) is 5.96 Å². The van der Waals surface area contributed by atoms with Gasteiger partial charge in [-0.05, 0) is 45.4 Å². The normalized spacial score (nSPS) is 13.4. The van der Waals surface area contributed by atoms with Crippen LogP contribution in [0.1, 0.15) is 33.3 Å². The summed E-state index contributed by atoms with van der Waals surface area (Å²) in [4.78, 5) is 4.83. The highest BCUT2D eigenvalue weighted by Gasteiger charge is 2.22. The molecule has 0 aromatic heterocycles. The average Bonchev–Trinajstić information content (AvgIpc) is 2.59. The molecule has 0 radical (unpaired) electrons. The number of sulfonamides is 1. The van der Waals surface area contributed by atoms with Gasteiger partial charge in [-0.1, -0.05) is 12.1 Å². The molecule has 1 rings (SSSR count). The first-order valence-electron chi connectivity index (χ1n) is 8.83. The lowest BCUT2D eigenvalue weighted by Crippen LogP contribution is -2.43. The van der Waals surface area contributed by atoms with Gasteiger partial charge in [0.1, 0.15) is 0 Å². The molecule has 0 spiro atoms. The molecule has 1 aromatic rings. The second-order valence-electron chi connectivity index (χ2n) is 6.45. The summed E-state index contributed by atoms with van der Waals surface area (Å²) in [5.41, 5.74) is 0.938. The van der Waals surface area contributed by atoms with Crippen LogP contribution in [0, 0.1) is 0 Å². The highest BCUT2D eigenvalue weighted by atomic mass is 127. The maximum absolute atomic E-state index is 12.5. The van der Waals surface area contributed by atoms with Crippen LogP contribution in [0.5, 0.6) is 0 Å². The lowest BCUT2D eigenvalue weighted by atomic mass is 10.2. The number of rotatable bonds is 9. The van der Waals surface area contributed by atoms with Crippen molar-refractivity contribution in [3.63, 3.8) is 0 Å². The lowest BCUT2D eigenvalue weighted by Gasteiger charge is -2.21. The summed E-state index contributed by atoms with van der Waals surface area (Å²) < 4.78 is 31.5. The monoisotopic (exact) mass is 512 g/mol. The molecule has 1 aromatic carbocycles. The predicted octanol–water partition coefficient (Wildman–Crippen LogP) is 2.42. The summed E-state index contributed by atoms with van der Waals surface area (Å²) in [5, 5.41) is 6.45. The number of hydrogen-bond donors (Lipinski definition) is 2. The molecule has 1 atom stereocenters. The number of benzene rings is 1. The van der Waals surface area contributed by atoms with Crippen LogP contribution in [0.3, 0.4) is 0 Å². The molecule has 0 amide bonds. The van der Waals surface area contributed by atoms with Crippen molar-refractivity contribution in [2.45, 2.75) is 51.2 Å². The number of aliphatic imine (C=N–C) groups is 1. The first-order valence-corrected chi connectivity index (χ1v) is 10.3. The van der Waals surface area contributed by atoms with Crippen molar-refractivity contribution in [2.24, 2.45) is 4.99 Å². The maximum Gasteiger partial charge on any atom is 0.243 e. The largest absolute Gasteiger partial charge is 0.383 e. The van der Waals surface area contributed by atoms with E-state index in [0.29, 0.717) is 24.0 Å². The van der Waals surface area contributed by atoms with Gasteiger partial charge in [-0.15, -0.1) is 24.0 Å². The van der Waals surface area contributed by atoms with Gasteiger partial charge >= 0.3 is 0 Å². The van der Waals surface area contributed by atoms with Gasteiger partial charge < -0.3 is 15.4 Å². The third-order valence-electron chi connectivity index (χ3n) is 3.89. The molecule has 2 N–H and O–H groups in total. The Morgan fingerprint density at radius 3 is 2.30 bits per heavy atom. The molecule has 0 heterocycles. The third kappa shape index (κ3) is 8.32. The van der Waals surface area contributed by atoms with E-state index >= 15 is 0 Å². The molecule has 1 unspecified atom stereocenters. The molecule has 7 nitrogen and oxygen atoms in total. The minimum Gasteiger partial charge on any atom is -0.383 e. The molecule has 0 bridgehead atoms. The zero-order valence-corrected chi connectivity index (χ0v) is 20.2. The second-order valence-corrected chi connectivity index (χ2v) is 8.45. The molecule has 0 aliphatic rings. The number of guanidine groups is 1. The predicted molar refractivity (Wildman–Crippen MR) is 121 cm³/mol. The van der Waals surface area contributed by atoms with Gasteiger partial charge in [0.2, 0.25) is 10.0 Å². The Balaban J connectivity index is 0.00000676. The Labute approximate surface area is 181 Å². The molecule has 0 aliphatic heterocycles. The van der Waals surface area contributed by atoms with Gasteiger partial charge in [0.05, 0.1) is 18.0 Å². The summed E-state index contributed by atoms with van der Waals surface area (Å²) in [5.74, 6) is 0.702. The molecule has 0 saturated heterocycles. The van der Waals surface area contributed by atoms with Crippen molar-refractivity contribution >= 4 is 40.0 Å². The Morgan fingerprint density at radius 2 is 1.81 bits per heavy atom. The van der Waals surface area contributed by atoms with Crippen molar-refractivity contribution in [2.75, 3.05) is 27.3 Å². The van der Waals surface area contributed by atoms with Crippen LogP contribution < -0.4 is 10.6 Å². The van der Waals surface area contributed by atoms with Crippen LogP contribution in [0.2, 0.25) is 0 Å². The van der Waals surface area contributed by atoms with E-state index in [2.05, 4.69) is 15.6 Å². The third-order valence-corrected chi connectivity index (χ3v) is 5.94. The number of methoxy groups -OCH3 is 1. The Kier molecular flexibility index (Phi) is 12.1. The molecular weight excluding hydrogens is 479 g/mol. The second kappa shape index (κ2) is 12.5. The fraction of sp³-hybridized carbons (Fsp3) is 0.611. The van der Waals surface area contributed by atoms with Crippen LogP contribution in [0.15, 0.2) is 34.2 Å². The summed E-state index contributed by atoms with van der Waals surface area (Å²) in [6, 6.07) is 6.91. The van der Waals surface area contributed by atoms with E-state index in [4.69, 9.17) is 4.74 Å². The van der Waals surface area contributed by atoms with Crippen LogP contribution in [-0.2, 0) is 21.3 Å². The van der Waals surface area contributed by atoms with E-state index in [-0.39, 0.29) is 36.1 Å². The standard InChI is InChI=1S/C18H32N4O3S.HI/c1-7-19-18(21-15(4)13-25-6)20-12-16-8-10-17(11-9-16)26(23,24)22(5)14(2)3;/h8-11,14-15H,7,12-13H2,1-6H3,(H2,19,20,21);1H. The maximum atomic E-state index is 12.5. The van der Waals surface area contributed by atoms with Gasteiger partial charge in [-0.2, -0.15) is 4.31 Å². The molecular formula is C18H33IN4O3S. The van der Waals surface area contributed by atoms with Crippen molar-refractivity contribution in [1.29, 1.82) is 0 Å². The minimum absolute atomic E-state index is 0. The quantitative estimate of drug-likeness (QED) is 0.302. The molecule has 156 valence electrons. The average molecular weight is 512 g/mol. The highest BCUT2D eigenvalue weighted by Crippen LogP contribution is 2.17. The van der Waals surface area contributed by atoms with Gasteiger partial charge in [0, 0.05) is 32.8 Å². The number of ether oxygens (including phenoxy) is 1. The first kappa shape index (κ1) is 26.1. The molecule has 9 heteroatoms. The lowest BCUT2D eigenvalue weighted by molar-refractivity contribution is 0.179. The zero-order chi connectivity index (χ0) is 19.7. The van der Waals surface area contributed by atoms with Crippen LogP contribution >= 0.6 is 24.0 Å². The van der Waals surface area contributed by atoms with Crippen LogP contribution in [-0.4, -0.2) is 58.1 Å². The summed E-state index contributed by atoms with van der Waals surface area (Å²) in [6.07, 6.45) is 0. The molecule has 27 heavy (non-hydrogen) atoms. The zero-order valence-electron chi connectivity index (χ0n) is 17.0. The van der Waals surface area contributed by atoms with E-state index in [0.717, 1.165) is 12.1 Å². The number of halogens is 1. The van der Waals surface area contributed by atoms with Crippen molar-refractivity contribution in [1.82, 2.24) is 14.9 Å². The number of nitrogens with one attached hydrogen (secondary N) is 2. The van der Waals surface area contributed by atoms with Gasteiger partial charge in [-0.25, -0.2) is 13.4 Å². The number of hydrogen-bond acceptors (Lipinski definition) is 4. The van der Waals surface area contributed by atoms with Crippen molar-refractivity contribution in [3.05, 3.63) is 29.8 Å². The Hall–Kier alpha value is -0.910. The van der Waals surface area contributed by atoms with Gasteiger partial charge in [0.25, 0.3) is 0 Å². The van der Waals surface area contributed by atoms with Gasteiger partial charge in [-0.3, -0.25) is 0 Å². The molecule has 0 saturated carbocycles. The summed E-state index contributed by atoms with van der Waals surface area (Å²) in [7, 11) is -0.206. The number of nitrogens with zero attached hydrogens (tertiary/aromatic N) is 2. The van der Waals surface area contributed by atoms with E-state index in [1.807, 2.05) is 27.7 Å². The topological polar surface area (TPSA) is 83.0 Å². The Morgan fingerprint density at radius 1 is 1.22 bits per heavy atom. The van der Waals surface area contributed by atoms with E-state index in [9.17, 15) is 8.42 Å². The minimum atomic E-state index is -3.46. The first-order chi connectivity index (χ1) is 12.2. The highest BCUT2D eigenvalue weighted by molar-refractivity contribution is 14.0. The molecule has 0 aliphatic carbocycles. The fourth-order valence-electron chi connectivity index (χ4n) is 2.23. The van der Waals surface area contributed by atoms with E-state index in [1.165, 1.54) is 4.31 Å². The van der Waals surface area contributed by atoms with E-state index in [1.54, 1.807) is 38.4 Å². The van der Waals surface area contributed by atoms with Crippen molar-refractivity contribution in [3.8, 4) is 0 Å². The Bertz CT molecular complexity index is 678. The van der Waals surface area contributed by atoms with Crippen LogP contribution in [0.4, 0.5) is 0 Å². The SMILES string of the molecule is CCNC(=NCc1ccc(S(=O)(=O)N(C)C(C)C)cc1)NC(C)COC.I. The molecule has 0 fully saturated rings. The summed E-state index contributed by atoms with van der Waals surface area (Å²) in [6.45, 7) is 9.51. The van der Waals surface area contributed by atoms with Crippen LogP contribution in [0.25, 0.3) is 0 Å². The fourth-order valence-corrected chi connectivity index (χ4v) is 3.59. The van der Waals surface area contributed by atoms with Crippen molar-refractivity contribution < 1.29 is 13.2 Å². The van der Waals surface area contributed by atoms with E-state index < -0.39 is 10.0 Å².